The highest BCUT2D eigenvalue weighted by Gasteiger charge is 2.18. The number of fused-ring (bicyclic) bond motifs is 2. The minimum absolute atomic E-state index is 0.377. The topological polar surface area (TPSA) is 61.7 Å². The summed E-state index contributed by atoms with van der Waals surface area (Å²) in [5.41, 5.74) is 14.9. The SMILES string of the molecule is C=C/C=C\c1ccc2ccc(-c3cc(C(N=C)=NC(NCc4ccc(-c5ccccc5)cc4)c4ccccc4)cc(-c4cccc5c4NCC=C5)c3)nc2c1C. The molecular formula is C51H43N5. The van der Waals surface area contributed by atoms with Gasteiger partial charge >= 0.3 is 0 Å². The van der Waals surface area contributed by atoms with Gasteiger partial charge in [0.15, 0.2) is 5.84 Å². The number of hydrogen-bond acceptors (Lipinski definition) is 4. The molecule has 0 saturated heterocycles. The summed E-state index contributed by atoms with van der Waals surface area (Å²) in [7, 11) is 0. The first-order valence-corrected chi connectivity index (χ1v) is 18.9. The molecule has 5 heteroatoms. The fraction of sp³-hybridized carbons (Fsp3) is 0.0784. The third-order valence-corrected chi connectivity index (χ3v) is 10.2. The molecule has 2 heterocycles. The van der Waals surface area contributed by atoms with Gasteiger partial charge in [0, 0.05) is 40.9 Å². The zero-order chi connectivity index (χ0) is 38.3. The van der Waals surface area contributed by atoms with Crippen molar-refractivity contribution < 1.29 is 0 Å². The maximum absolute atomic E-state index is 5.29. The van der Waals surface area contributed by atoms with E-state index in [0.717, 1.165) is 78.9 Å². The Hall–Kier alpha value is -6.95. The van der Waals surface area contributed by atoms with Crippen LogP contribution in [0.5, 0.6) is 0 Å². The number of para-hydroxylation sites is 1. The molecule has 0 saturated carbocycles. The molecule has 1 atom stereocenters. The Kier molecular flexibility index (Phi) is 10.7. The van der Waals surface area contributed by atoms with Crippen LogP contribution < -0.4 is 10.6 Å². The van der Waals surface area contributed by atoms with E-state index >= 15 is 0 Å². The number of nitrogens with one attached hydrogen (secondary N) is 2. The second-order valence-electron chi connectivity index (χ2n) is 13.9. The van der Waals surface area contributed by atoms with Crippen LogP contribution in [0.3, 0.4) is 0 Å². The molecule has 0 fully saturated rings. The van der Waals surface area contributed by atoms with Gasteiger partial charge in [-0.15, -0.1) is 0 Å². The first-order valence-electron chi connectivity index (χ1n) is 18.9. The number of anilines is 1. The highest BCUT2D eigenvalue weighted by atomic mass is 15.1. The van der Waals surface area contributed by atoms with Crippen LogP contribution in [-0.2, 0) is 6.54 Å². The van der Waals surface area contributed by atoms with Crippen molar-refractivity contribution >= 4 is 41.3 Å². The molecule has 56 heavy (non-hydrogen) atoms. The molecule has 1 aliphatic heterocycles. The van der Waals surface area contributed by atoms with Crippen molar-refractivity contribution in [3.8, 4) is 33.5 Å². The molecule has 5 nitrogen and oxygen atoms in total. The maximum Gasteiger partial charge on any atom is 0.155 e. The molecular weight excluding hydrogens is 683 g/mol. The standard InChI is InChI=1S/C51H43N5/c1-4-5-14-37-26-27-41-28-29-47(55-48(41)35(37)2)44-31-43(46-21-12-19-40-20-13-30-53-49(40)46)32-45(33-44)50(52-3)56-51(42-17-10-7-11-18-42)54-34-36-22-24-39(25-23-36)38-15-8-6-9-16-38/h4-29,31-33,51,53-54H,1,3,30,34H2,2H3/b14-5-,56-50?. The second-order valence-corrected chi connectivity index (χ2v) is 13.9. The lowest BCUT2D eigenvalue weighted by molar-refractivity contribution is 0.554. The lowest BCUT2D eigenvalue weighted by Gasteiger charge is -2.20. The lowest BCUT2D eigenvalue weighted by Crippen LogP contribution is -2.21. The van der Waals surface area contributed by atoms with Crippen LogP contribution in [0.4, 0.5) is 5.69 Å². The number of pyridine rings is 1. The van der Waals surface area contributed by atoms with E-state index in [9.17, 15) is 0 Å². The summed E-state index contributed by atoms with van der Waals surface area (Å²) in [6.07, 6.45) is 9.77. The number of aromatic nitrogens is 1. The van der Waals surface area contributed by atoms with Gasteiger partial charge in [-0.25, -0.2) is 15.0 Å². The fourth-order valence-corrected chi connectivity index (χ4v) is 7.28. The van der Waals surface area contributed by atoms with Crippen LogP contribution in [0.1, 0.15) is 39.5 Å². The van der Waals surface area contributed by atoms with Gasteiger partial charge in [0.2, 0.25) is 0 Å². The van der Waals surface area contributed by atoms with Crippen LogP contribution in [0.25, 0.3) is 56.6 Å². The zero-order valence-electron chi connectivity index (χ0n) is 31.5. The van der Waals surface area contributed by atoms with Gasteiger partial charge in [-0.1, -0.05) is 158 Å². The van der Waals surface area contributed by atoms with Gasteiger partial charge < -0.3 is 5.32 Å². The van der Waals surface area contributed by atoms with E-state index in [1.165, 1.54) is 11.1 Å². The quantitative estimate of drug-likeness (QED) is 0.0793. The number of rotatable bonds is 11. The molecule has 1 unspecified atom stereocenters. The van der Waals surface area contributed by atoms with Crippen molar-refractivity contribution in [2.75, 3.05) is 11.9 Å². The van der Waals surface area contributed by atoms with Gasteiger partial charge in [-0.3, -0.25) is 5.32 Å². The molecule has 2 N–H and O–H groups in total. The predicted octanol–water partition coefficient (Wildman–Crippen LogP) is 12.1. The lowest BCUT2D eigenvalue weighted by atomic mass is 9.93. The van der Waals surface area contributed by atoms with Crippen molar-refractivity contribution in [1.82, 2.24) is 10.3 Å². The van der Waals surface area contributed by atoms with Crippen molar-refractivity contribution in [2.45, 2.75) is 19.6 Å². The highest BCUT2D eigenvalue weighted by molar-refractivity contribution is 6.04. The number of nitrogens with zero attached hydrogens (tertiary/aromatic N) is 3. The molecule has 0 radical (unpaired) electrons. The van der Waals surface area contributed by atoms with E-state index in [1.807, 2.05) is 30.3 Å². The van der Waals surface area contributed by atoms with E-state index in [1.54, 1.807) is 6.08 Å². The summed E-state index contributed by atoms with van der Waals surface area (Å²) in [5, 5.41) is 8.41. The van der Waals surface area contributed by atoms with Gasteiger partial charge in [-0.2, -0.15) is 0 Å². The number of amidine groups is 1. The molecule has 0 aliphatic carbocycles. The molecule has 8 rings (SSSR count). The Labute approximate surface area is 329 Å². The summed E-state index contributed by atoms with van der Waals surface area (Å²) in [4.78, 5) is 15.1. The molecule has 272 valence electrons. The van der Waals surface area contributed by atoms with Crippen molar-refractivity contribution in [2.24, 2.45) is 9.98 Å². The van der Waals surface area contributed by atoms with E-state index in [-0.39, 0.29) is 6.17 Å². The van der Waals surface area contributed by atoms with Crippen molar-refractivity contribution in [3.63, 3.8) is 0 Å². The molecule has 6 aromatic carbocycles. The maximum atomic E-state index is 5.29. The Morgan fingerprint density at radius 3 is 2.34 bits per heavy atom. The van der Waals surface area contributed by atoms with Crippen LogP contribution >= 0.6 is 0 Å². The normalized spacial score (nSPS) is 13.0. The molecule has 7 aromatic rings. The number of hydrogen-bond donors (Lipinski definition) is 2. The van der Waals surface area contributed by atoms with Crippen LogP contribution in [0.15, 0.2) is 180 Å². The highest BCUT2D eigenvalue weighted by Crippen LogP contribution is 2.37. The number of aryl methyl sites for hydroxylation is 1. The first-order chi connectivity index (χ1) is 27.6. The summed E-state index contributed by atoms with van der Waals surface area (Å²) < 4.78 is 0. The summed E-state index contributed by atoms with van der Waals surface area (Å²) in [6.45, 7) is 11.4. The average Bonchev–Trinajstić information content (AvgIpc) is 3.26. The number of aliphatic imine (C=N–C) groups is 2. The molecule has 0 amide bonds. The van der Waals surface area contributed by atoms with Gasteiger partial charge in [0.05, 0.1) is 11.2 Å². The Morgan fingerprint density at radius 1 is 0.804 bits per heavy atom. The first kappa shape index (κ1) is 36.0. The third kappa shape index (κ3) is 7.81. The minimum Gasteiger partial charge on any atom is -0.381 e. The third-order valence-electron chi connectivity index (χ3n) is 10.2. The van der Waals surface area contributed by atoms with Crippen molar-refractivity contribution in [3.05, 3.63) is 204 Å². The van der Waals surface area contributed by atoms with E-state index < -0.39 is 0 Å². The predicted molar refractivity (Wildman–Crippen MR) is 238 cm³/mol. The van der Waals surface area contributed by atoms with Crippen LogP contribution in [0.2, 0.25) is 0 Å². The summed E-state index contributed by atoms with van der Waals surface area (Å²) in [6, 6.07) is 50.9. The smallest absolute Gasteiger partial charge is 0.155 e. The van der Waals surface area contributed by atoms with Gasteiger partial charge in [0.1, 0.15) is 6.17 Å². The monoisotopic (exact) mass is 725 g/mol. The molecule has 0 bridgehead atoms. The van der Waals surface area contributed by atoms with E-state index in [0.29, 0.717) is 12.4 Å². The van der Waals surface area contributed by atoms with Crippen LogP contribution in [-0.4, -0.2) is 24.1 Å². The Bertz CT molecular complexity index is 2620. The van der Waals surface area contributed by atoms with E-state index in [2.05, 4.69) is 175 Å². The Balaban J connectivity index is 1.21. The van der Waals surface area contributed by atoms with E-state index in [4.69, 9.17) is 9.98 Å². The average molecular weight is 726 g/mol. The zero-order valence-corrected chi connectivity index (χ0v) is 31.5. The van der Waals surface area contributed by atoms with Crippen molar-refractivity contribution in [1.29, 1.82) is 0 Å². The summed E-state index contributed by atoms with van der Waals surface area (Å²) in [5.74, 6) is 0.542. The Morgan fingerprint density at radius 2 is 1.55 bits per heavy atom. The molecule has 1 aliphatic rings. The fourth-order valence-electron chi connectivity index (χ4n) is 7.28. The largest absolute Gasteiger partial charge is 0.381 e. The minimum atomic E-state index is -0.377. The van der Waals surface area contributed by atoms with Gasteiger partial charge in [-0.05, 0) is 82.4 Å². The molecule has 1 aromatic heterocycles. The van der Waals surface area contributed by atoms with Crippen LogP contribution in [0, 0.1) is 6.92 Å². The number of benzene rings is 6. The summed E-state index contributed by atoms with van der Waals surface area (Å²) >= 11 is 0. The van der Waals surface area contributed by atoms with Gasteiger partial charge in [0.25, 0.3) is 0 Å². The molecule has 0 spiro atoms. The number of allylic oxidation sites excluding steroid dienone is 2. The second kappa shape index (κ2) is 16.6.